The largest absolute Gasteiger partial charge is 0.314 e. The van der Waals surface area contributed by atoms with Crippen molar-refractivity contribution in [1.82, 2.24) is 19.8 Å². The van der Waals surface area contributed by atoms with Gasteiger partial charge < -0.3 is 5.32 Å². The van der Waals surface area contributed by atoms with Crippen molar-refractivity contribution in [2.45, 2.75) is 49.7 Å². The van der Waals surface area contributed by atoms with Crippen LogP contribution in [0.3, 0.4) is 0 Å². The Morgan fingerprint density at radius 1 is 1.32 bits per heavy atom. The first kappa shape index (κ1) is 14.5. The average Bonchev–Trinajstić information content (AvgIpc) is 2.79. The minimum atomic E-state index is -3.45. The van der Waals surface area contributed by atoms with Gasteiger partial charge in [-0.3, -0.25) is 4.68 Å². The highest BCUT2D eigenvalue weighted by Crippen LogP contribution is 2.20. The Labute approximate surface area is 114 Å². The Balaban J connectivity index is 1.94. The van der Waals surface area contributed by atoms with Crippen LogP contribution in [0.15, 0.2) is 17.3 Å². The van der Waals surface area contributed by atoms with Crippen LogP contribution in [-0.2, 0) is 17.1 Å². The zero-order valence-electron chi connectivity index (χ0n) is 11.5. The maximum atomic E-state index is 12.2. The quantitative estimate of drug-likeness (QED) is 0.832. The number of sulfonamides is 1. The predicted molar refractivity (Wildman–Crippen MR) is 73.3 cm³/mol. The third kappa shape index (κ3) is 3.55. The lowest BCUT2D eigenvalue weighted by molar-refractivity contribution is 0.333. The summed E-state index contributed by atoms with van der Waals surface area (Å²) in [4.78, 5) is 0. The van der Waals surface area contributed by atoms with Gasteiger partial charge >= 0.3 is 0 Å². The van der Waals surface area contributed by atoms with E-state index in [-0.39, 0.29) is 11.1 Å². The van der Waals surface area contributed by atoms with Gasteiger partial charge in [0.15, 0.2) is 5.03 Å². The summed E-state index contributed by atoms with van der Waals surface area (Å²) < 4.78 is 28.6. The van der Waals surface area contributed by atoms with E-state index in [0.717, 1.165) is 32.2 Å². The molecule has 1 aromatic rings. The monoisotopic (exact) mass is 286 g/mol. The Morgan fingerprint density at radius 2 is 1.95 bits per heavy atom. The Bertz CT molecular complexity index is 504. The third-order valence-electron chi connectivity index (χ3n) is 3.59. The standard InChI is InChI=1S/C12H22N4O2S/c1-3-13-10-4-6-11(7-5-10)15-19(17,18)12-8-9-14-16(12)2/h8-11,13,15H,3-7H2,1-2H3. The summed E-state index contributed by atoms with van der Waals surface area (Å²) in [5.41, 5.74) is 0. The number of aromatic nitrogens is 2. The van der Waals surface area contributed by atoms with Gasteiger partial charge in [-0.05, 0) is 38.3 Å². The Morgan fingerprint density at radius 3 is 2.47 bits per heavy atom. The van der Waals surface area contributed by atoms with E-state index in [4.69, 9.17) is 0 Å². The van der Waals surface area contributed by atoms with Crippen LogP contribution in [0.25, 0.3) is 0 Å². The molecule has 0 bridgehead atoms. The lowest BCUT2D eigenvalue weighted by atomic mass is 9.92. The van der Waals surface area contributed by atoms with Crippen molar-refractivity contribution >= 4 is 10.0 Å². The van der Waals surface area contributed by atoms with Crippen LogP contribution in [0, 0.1) is 0 Å². The highest BCUT2D eigenvalue weighted by atomic mass is 32.2. The fraction of sp³-hybridized carbons (Fsp3) is 0.750. The summed E-state index contributed by atoms with van der Waals surface area (Å²) >= 11 is 0. The van der Waals surface area contributed by atoms with Gasteiger partial charge in [-0.15, -0.1) is 0 Å². The molecular formula is C12H22N4O2S. The van der Waals surface area contributed by atoms with E-state index in [0.29, 0.717) is 6.04 Å². The Hall–Kier alpha value is -0.920. The smallest absolute Gasteiger partial charge is 0.257 e. The van der Waals surface area contributed by atoms with E-state index in [1.165, 1.54) is 16.9 Å². The molecule has 0 spiro atoms. The van der Waals surface area contributed by atoms with Crippen LogP contribution in [0.2, 0.25) is 0 Å². The minimum absolute atomic E-state index is 0.0369. The average molecular weight is 286 g/mol. The molecule has 0 radical (unpaired) electrons. The van der Waals surface area contributed by atoms with Gasteiger partial charge in [0, 0.05) is 19.1 Å². The van der Waals surface area contributed by atoms with Gasteiger partial charge in [-0.1, -0.05) is 6.92 Å². The maximum Gasteiger partial charge on any atom is 0.257 e. The van der Waals surface area contributed by atoms with Crippen molar-refractivity contribution in [3.8, 4) is 0 Å². The molecule has 6 nitrogen and oxygen atoms in total. The highest BCUT2D eigenvalue weighted by Gasteiger charge is 2.26. The predicted octanol–water partition coefficient (Wildman–Crippen LogP) is 0.619. The Kier molecular flexibility index (Phi) is 4.59. The summed E-state index contributed by atoms with van der Waals surface area (Å²) in [6, 6.07) is 2.09. The summed E-state index contributed by atoms with van der Waals surface area (Å²) in [6.07, 6.45) is 5.30. The van der Waals surface area contributed by atoms with E-state index in [1.54, 1.807) is 7.05 Å². The van der Waals surface area contributed by atoms with Crippen LogP contribution in [-0.4, -0.2) is 36.8 Å². The first-order valence-electron chi connectivity index (χ1n) is 6.76. The number of nitrogens with one attached hydrogen (secondary N) is 2. The van der Waals surface area contributed by atoms with Crippen molar-refractivity contribution in [3.63, 3.8) is 0 Å². The van der Waals surface area contributed by atoms with Gasteiger partial charge in [0.25, 0.3) is 10.0 Å². The van der Waals surface area contributed by atoms with Crippen LogP contribution >= 0.6 is 0 Å². The minimum Gasteiger partial charge on any atom is -0.314 e. The van der Waals surface area contributed by atoms with Crippen molar-refractivity contribution < 1.29 is 8.42 Å². The molecule has 0 unspecified atom stereocenters. The van der Waals surface area contributed by atoms with Crippen molar-refractivity contribution in [2.24, 2.45) is 7.05 Å². The highest BCUT2D eigenvalue weighted by molar-refractivity contribution is 7.89. The topological polar surface area (TPSA) is 76.0 Å². The molecule has 108 valence electrons. The van der Waals surface area contributed by atoms with E-state index >= 15 is 0 Å². The van der Waals surface area contributed by atoms with Gasteiger partial charge in [0.05, 0.1) is 6.20 Å². The van der Waals surface area contributed by atoms with Crippen LogP contribution in [0.5, 0.6) is 0 Å². The first-order chi connectivity index (χ1) is 9.03. The second-order valence-corrected chi connectivity index (χ2v) is 6.68. The molecule has 0 atom stereocenters. The van der Waals surface area contributed by atoms with Gasteiger partial charge in [0.1, 0.15) is 0 Å². The van der Waals surface area contributed by atoms with Gasteiger partial charge in [-0.2, -0.15) is 5.10 Å². The number of rotatable bonds is 5. The van der Waals surface area contributed by atoms with E-state index in [1.807, 2.05) is 0 Å². The van der Waals surface area contributed by atoms with Crippen LogP contribution in [0.4, 0.5) is 0 Å². The first-order valence-corrected chi connectivity index (χ1v) is 8.25. The lowest BCUT2D eigenvalue weighted by Crippen LogP contribution is -2.42. The second-order valence-electron chi connectivity index (χ2n) is 5.02. The zero-order valence-corrected chi connectivity index (χ0v) is 12.3. The molecule has 1 saturated carbocycles. The SMILES string of the molecule is CCNC1CCC(NS(=O)(=O)c2ccnn2C)CC1. The molecule has 2 rings (SSSR count). The lowest BCUT2D eigenvalue weighted by Gasteiger charge is -2.29. The van der Waals surface area contributed by atoms with Crippen molar-refractivity contribution in [1.29, 1.82) is 0 Å². The molecule has 1 aliphatic rings. The van der Waals surface area contributed by atoms with Gasteiger partial charge in [-0.25, -0.2) is 13.1 Å². The van der Waals surface area contributed by atoms with Gasteiger partial charge in [0.2, 0.25) is 0 Å². The zero-order chi connectivity index (χ0) is 13.9. The van der Waals surface area contributed by atoms with Crippen molar-refractivity contribution in [3.05, 3.63) is 12.3 Å². The number of aryl methyl sites for hydroxylation is 1. The maximum absolute atomic E-state index is 12.2. The molecule has 1 aromatic heterocycles. The second kappa shape index (κ2) is 6.02. The molecule has 2 N–H and O–H groups in total. The molecule has 0 aliphatic heterocycles. The molecule has 0 amide bonds. The molecule has 1 fully saturated rings. The van der Waals surface area contributed by atoms with E-state index < -0.39 is 10.0 Å². The molecule has 0 aromatic carbocycles. The molecule has 1 aliphatic carbocycles. The van der Waals surface area contributed by atoms with Crippen LogP contribution < -0.4 is 10.0 Å². The normalized spacial score (nSPS) is 24.5. The van der Waals surface area contributed by atoms with Crippen LogP contribution in [0.1, 0.15) is 32.6 Å². The van der Waals surface area contributed by atoms with Crippen molar-refractivity contribution in [2.75, 3.05) is 6.54 Å². The molecule has 1 heterocycles. The molecular weight excluding hydrogens is 264 g/mol. The summed E-state index contributed by atoms with van der Waals surface area (Å²) in [6.45, 7) is 3.06. The van der Waals surface area contributed by atoms with E-state index in [2.05, 4.69) is 22.1 Å². The molecule has 7 heteroatoms. The fourth-order valence-electron chi connectivity index (χ4n) is 2.61. The summed E-state index contributed by atoms with van der Waals surface area (Å²) in [5.74, 6) is 0. The van der Waals surface area contributed by atoms with E-state index in [9.17, 15) is 8.42 Å². The number of hydrogen-bond donors (Lipinski definition) is 2. The fourth-order valence-corrected chi connectivity index (χ4v) is 4.04. The summed E-state index contributed by atoms with van der Waals surface area (Å²) in [7, 11) is -1.81. The third-order valence-corrected chi connectivity index (χ3v) is 5.19. The summed E-state index contributed by atoms with van der Waals surface area (Å²) in [5, 5.41) is 7.54. The number of nitrogens with zero attached hydrogens (tertiary/aromatic N) is 2. The molecule has 0 saturated heterocycles. The molecule has 19 heavy (non-hydrogen) atoms. The number of hydrogen-bond acceptors (Lipinski definition) is 4.